The molecule has 1 heterocycles. The summed E-state index contributed by atoms with van der Waals surface area (Å²) >= 11 is 6.14. The van der Waals surface area contributed by atoms with Gasteiger partial charge in [-0.15, -0.1) is 0 Å². The van der Waals surface area contributed by atoms with Crippen LogP contribution < -0.4 is 4.90 Å². The Balaban J connectivity index is 2.16. The summed E-state index contributed by atoms with van der Waals surface area (Å²) in [5.74, 6) is 0.00104. The van der Waals surface area contributed by atoms with E-state index in [9.17, 15) is 4.79 Å². The molecule has 19 heavy (non-hydrogen) atoms. The van der Waals surface area contributed by atoms with Gasteiger partial charge in [-0.05, 0) is 23.8 Å². The molecule has 94 valence electrons. The third kappa shape index (κ3) is 1.94. The van der Waals surface area contributed by atoms with Gasteiger partial charge in [0.1, 0.15) is 0 Å². The van der Waals surface area contributed by atoms with E-state index in [1.807, 2.05) is 54.6 Å². The van der Waals surface area contributed by atoms with E-state index in [-0.39, 0.29) is 5.91 Å². The average Bonchev–Trinajstić information content (AvgIpc) is 2.67. The van der Waals surface area contributed by atoms with Crippen LogP contribution in [0.1, 0.15) is 11.1 Å². The maximum absolute atomic E-state index is 12.3. The van der Waals surface area contributed by atoms with E-state index in [0.29, 0.717) is 10.6 Å². The predicted molar refractivity (Wildman–Crippen MR) is 79.2 cm³/mol. The zero-order chi connectivity index (χ0) is 13.4. The molecule has 0 spiro atoms. The fraction of sp³-hybridized carbons (Fsp3) is 0.0625. The molecule has 0 aliphatic carbocycles. The number of benzene rings is 2. The summed E-state index contributed by atoms with van der Waals surface area (Å²) in [6.45, 7) is 0. The van der Waals surface area contributed by atoms with E-state index >= 15 is 0 Å². The minimum atomic E-state index is 0.00104. The summed E-state index contributed by atoms with van der Waals surface area (Å²) in [6, 6.07) is 15.3. The Kier molecular flexibility index (Phi) is 2.88. The van der Waals surface area contributed by atoms with Gasteiger partial charge in [0.05, 0.1) is 5.69 Å². The van der Waals surface area contributed by atoms with Crippen molar-refractivity contribution in [3.8, 4) is 0 Å². The van der Waals surface area contributed by atoms with E-state index in [4.69, 9.17) is 11.6 Å². The van der Waals surface area contributed by atoms with Crippen LogP contribution in [0.25, 0.3) is 11.6 Å². The molecular formula is C16H12ClNO. The Morgan fingerprint density at radius 3 is 2.53 bits per heavy atom. The van der Waals surface area contributed by atoms with Crippen molar-refractivity contribution < 1.29 is 4.79 Å². The second-order valence-electron chi connectivity index (χ2n) is 4.46. The molecule has 3 heteroatoms. The van der Waals surface area contributed by atoms with Crippen LogP contribution in [0.15, 0.2) is 48.5 Å². The number of hydrogen-bond donors (Lipinski definition) is 0. The number of carbonyl (C=O) groups is 1. The van der Waals surface area contributed by atoms with Crippen LogP contribution in [0.5, 0.6) is 0 Å². The number of hydrogen-bond acceptors (Lipinski definition) is 1. The first-order valence-corrected chi connectivity index (χ1v) is 6.40. The topological polar surface area (TPSA) is 20.3 Å². The first-order chi connectivity index (χ1) is 9.18. The number of fused-ring (bicyclic) bond motifs is 1. The molecule has 2 aromatic carbocycles. The van der Waals surface area contributed by atoms with Crippen LogP contribution in [0.4, 0.5) is 5.69 Å². The number of likely N-dealkylation sites (N-methyl/N-ethyl adjacent to an activating group) is 1. The average molecular weight is 270 g/mol. The lowest BCUT2D eigenvalue weighted by molar-refractivity contribution is -0.112. The molecule has 1 aliphatic heterocycles. The maximum atomic E-state index is 12.3. The monoisotopic (exact) mass is 269 g/mol. The van der Waals surface area contributed by atoms with Crippen molar-refractivity contribution in [3.63, 3.8) is 0 Å². The molecule has 0 fully saturated rings. The Hall–Kier alpha value is -2.06. The number of para-hydroxylation sites is 1. The molecule has 0 saturated heterocycles. The molecule has 3 rings (SSSR count). The molecule has 1 aliphatic rings. The molecule has 0 N–H and O–H groups in total. The highest BCUT2D eigenvalue weighted by Gasteiger charge is 2.29. The Labute approximate surface area is 116 Å². The lowest BCUT2D eigenvalue weighted by atomic mass is 10.0. The molecule has 0 saturated carbocycles. The van der Waals surface area contributed by atoms with Gasteiger partial charge in [-0.1, -0.05) is 48.0 Å². The standard InChI is InChI=1S/C16H12ClNO/c1-18-15-9-5-3-7-12(15)13(16(18)19)10-11-6-2-4-8-14(11)17/h2-10H,1H3/b13-10-. The third-order valence-corrected chi connectivity index (χ3v) is 3.64. The zero-order valence-corrected chi connectivity index (χ0v) is 11.2. The minimum absolute atomic E-state index is 0.00104. The molecule has 2 nitrogen and oxygen atoms in total. The number of nitrogens with zero attached hydrogens (tertiary/aromatic N) is 1. The van der Waals surface area contributed by atoms with Gasteiger partial charge in [-0.25, -0.2) is 0 Å². The fourth-order valence-corrected chi connectivity index (χ4v) is 2.48. The Morgan fingerprint density at radius 2 is 1.74 bits per heavy atom. The van der Waals surface area contributed by atoms with Gasteiger partial charge in [-0.3, -0.25) is 4.79 Å². The molecule has 0 radical (unpaired) electrons. The maximum Gasteiger partial charge on any atom is 0.258 e. The van der Waals surface area contributed by atoms with Gasteiger partial charge in [0, 0.05) is 23.2 Å². The Morgan fingerprint density at radius 1 is 1.05 bits per heavy atom. The van der Waals surface area contributed by atoms with E-state index in [1.165, 1.54) is 0 Å². The number of carbonyl (C=O) groups excluding carboxylic acids is 1. The highest BCUT2D eigenvalue weighted by atomic mass is 35.5. The molecule has 0 atom stereocenters. The second kappa shape index (κ2) is 4.56. The smallest absolute Gasteiger partial charge is 0.258 e. The third-order valence-electron chi connectivity index (χ3n) is 3.30. The van der Waals surface area contributed by atoms with Crippen molar-refractivity contribution in [3.05, 3.63) is 64.7 Å². The molecule has 0 unspecified atom stereocenters. The number of rotatable bonds is 1. The van der Waals surface area contributed by atoms with Gasteiger partial charge in [0.15, 0.2) is 0 Å². The van der Waals surface area contributed by atoms with Crippen LogP contribution in [0, 0.1) is 0 Å². The SMILES string of the molecule is CN1C(=O)/C(=C\c2ccccc2Cl)c2ccccc21. The van der Waals surface area contributed by atoms with Crippen LogP contribution in [0.3, 0.4) is 0 Å². The predicted octanol–water partition coefficient (Wildman–Crippen LogP) is 3.86. The lowest BCUT2D eigenvalue weighted by Crippen LogP contribution is -2.20. The van der Waals surface area contributed by atoms with Crippen molar-refractivity contribution in [1.82, 2.24) is 0 Å². The second-order valence-corrected chi connectivity index (χ2v) is 4.87. The van der Waals surface area contributed by atoms with E-state index in [1.54, 1.807) is 11.9 Å². The summed E-state index contributed by atoms with van der Waals surface area (Å²) in [5.41, 5.74) is 3.43. The summed E-state index contributed by atoms with van der Waals surface area (Å²) in [4.78, 5) is 14.0. The molecule has 1 amide bonds. The number of amides is 1. The zero-order valence-electron chi connectivity index (χ0n) is 10.4. The molecule has 2 aromatic rings. The molecular weight excluding hydrogens is 258 g/mol. The first kappa shape index (κ1) is 12.0. The highest BCUT2D eigenvalue weighted by molar-refractivity contribution is 6.37. The Bertz CT molecular complexity index is 691. The van der Waals surface area contributed by atoms with E-state index in [2.05, 4.69) is 0 Å². The van der Waals surface area contributed by atoms with Crippen molar-refractivity contribution >= 4 is 34.8 Å². The van der Waals surface area contributed by atoms with Gasteiger partial charge in [0.25, 0.3) is 5.91 Å². The van der Waals surface area contributed by atoms with Gasteiger partial charge >= 0.3 is 0 Å². The summed E-state index contributed by atoms with van der Waals surface area (Å²) < 4.78 is 0. The summed E-state index contributed by atoms with van der Waals surface area (Å²) in [7, 11) is 1.79. The van der Waals surface area contributed by atoms with Crippen LogP contribution in [-0.2, 0) is 4.79 Å². The van der Waals surface area contributed by atoms with E-state index < -0.39 is 0 Å². The van der Waals surface area contributed by atoms with Crippen molar-refractivity contribution in [1.29, 1.82) is 0 Å². The normalized spacial score (nSPS) is 16.0. The van der Waals surface area contributed by atoms with Crippen molar-refractivity contribution in [2.45, 2.75) is 0 Å². The first-order valence-electron chi connectivity index (χ1n) is 6.02. The minimum Gasteiger partial charge on any atom is -0.311 e. The lowest BCUT2D eigenvalue weighted by Gasteiger charge is -2.08. The number of halogens is 1. The van der Waals surface area contributed by atoms with Crippen molar-refractivity contribution in [2.24, 2.45) is 0 Å². The van der Waals surface area contributed by atoms with Crippen LogP contribution in [-0.4, -0.2) is 13.0 Å². The number of anilines is 1. The largest absolute Gasteiger partial charge is 0.311 e. The van der Waals surface area contributed by atoms with Crippen LogP contribution in [0.2, 0.25) is 5.02 Å². The quantitative estimate of drug-likeness (QED) is 0.720. The van der Waals surface area contributed by atoms with E-state index in [0.717, 1.165) is 16.8 Å². The highest BCUT2D eigenvalue weighted by Crippen LogP contribution is 2.37. The van der Waals surface area contributed by atoms with Gasteiger partial charge in [-0.2, -0.15) is 0 Å². The van der Waals surface area contributed by atoms with Crippen molar-refractivity contribution in [2.75, 3.05) is 11.9 Å². The van der Waals surface area contributed by atoms with Gasteiger partial charge in [0.2, 0.25) is 0 Å². The summed E-state index contributed by atoms with van der Waals surface area (Å²) in [6.07, 6.45) is 1.85. The summed E-state index contributed by atoms with van der Waals surface area (Å²) in [5, 5.41) is 0.648. The van der Waals surface area contributed by atoms with Gasteiger partial charge < -0.3 is 4.90 Å². The fourth-order valence-electron chi connectivity index (χ4n) is 2.29. The molecule has 0 aromatic heterocycles. The molecule has 0 bridgehead atoms. The van der Waals surface area contributed by atoms with Crippen LogP contribution >= 0.6 is 11.6 Å².